The molecule has 3 heteroatoms. The van der Waals surface area contributed by atoms with Crippen LogP contribution in [0.1, 0.15) is 33.1 Å². The van der Waals surface area contributed by atoms with E-state index in [2.05, 4.69) is 25.8 Å². The average Bonchev–Trinajstić information content (AvgIpc) is 2.24. The number of carbonyl (C=O) groups excluding carboxylic acids is 1. The van der Waals surface area contributed by atoms with Crippen LogP contribution in [0.4, 0.5) is 0 Å². The van der Waals surface area contributed by atoms with Gasteiger partial charge in [-0.15, -0.1) is 0 Å². The lowest BCUT2D eigenvalue weighted by Crippen LogP contribution is -2.39. The number of rotatable bonds is 6. The zero-order chi connectivity index (χ0) is 12.8. The second-order valence-electron chi connectivity index (χ2n) is 5.70. The largest absolute Gasteiger partial charge is 0.385 e. The molecule has 0 saturated heterocycles. The summed E-state index contributed by atoms with van der Waals surface area (Å²) in [6.45, 7) is 7.14. The maximum atomic E-state index is 12.0. The van der Waals surface area contributed by atoms with E-state index in [0.717, 1.165) is 32.5 Å². The van der Waals surface area contributed by atoms with Crippen molar-refractivity contribution in [1.82, 2.24) is 4.90 Å². The van der Waals surface area contributed by atoms with Gasteiger partial charge in [0.15, 0.2) is 0 Å². The maximum Gasteiger partial charge on any atom is 0.137 e. The van der Waals surface area contributed by atoms with Crippen molar-refractivity contribution in [3.8, 4) is 0 Å². The Hall–Kier alpha value is -0.410. The highest BCUT2D eigenvalue weighted by molar-refractivity contribution is 5.82. The van der Waals surface area contributed by atoms with Crippen molar-refractivity contribution in [1.29, 1.82) is 0 Å². The molecule has 0 aromatic carbocycles. The first-order valence-corrected chi connectivity index (χ1v) is 6.74. The summed E-state index contributed by atoms with van der Waals surface area (Å²) in [5.41, 5.74) is 0. The normalized spacial score (nSPS) is 29.9. The minimum absolute atomic E-state index is 0.249. The molecule has 0 bridgehead atoms. The molecule has 0 radical (unpaired) electrons. The topological polar surface area (TPSA) is 29.5 Å². The highest BCUT2D eigenvalue weighted by Gasteiger charge is 2.32. The quantitative estimate of drug-likeness (QED) is 0.668. The SMILES string of the molecule is COCCCN(C)CC1C(=O)CC(C)CC1C. The predicted molar refractivity (Wildman–Crippen MR) is 70.0 cm³/mol. The van der Waals surface area contributed by atoms with Crippen molar-refractivity contribution in [3.05, 3.63) is 0 Å². The van der Waals surface area contributed by atoms with E-state index < -0.39 is 0 Å². The first kappa shape index (κ1) is 14.7. The zero-order valence-corrected chi connectivity index (χ0v) is 11.7. The van der Waals surface area contributed by atoms with Crippen LogP contribution in [0, 0.1) is 17.8 Å². The Bertz CT molecular complexity index is 242. The maximum absolute atomic E-state index is 12.0. The Kier molecular flexibility index (Phi) is 6.14. The van der Waals surface area contributed by atoms with Crippen LogP contribution in [0.2, 0.25) is 0 Å². The summed E-state index contributed by atoms with van der Waals surface area (Å²) in [4.78, 5) is 14.3. The third-order valence-corrected chi connectivity index (χ3v) is 3.82. The van der Waals surface area contributed by atoms with Gasteiger partial charge in [0.25, 0.3) is 0 Å². The molecule has 0 aromatic rings. The average molecular weight is 241 g/mol. The molecular weight excluding hydrogens is 214 g/mol. The van der Waals surface area contributed by atoms with Crippen molar-refractivity contribution in [2.24, 2.45) is 17.8 Å². The third-order valence-electron chi connectivity index (χ3n) is 3.82. The molecule has 1 saturated carbocycles. The molecule has 100 valence electrons. The molecule has 17 heavy (non-hydrogen) atoms. The van der Waals surface area contributed by atoms with E-state index in [-0.39, 0.29) is 5.92 Å². The van der Waals surface area contributed by atoms with Crippen molar-refractivity contribution >= 4 is 5.78 Å². The van der Waals surface area contributed by atoms with Crippen LogP contribution in [0.15, 0.2) is 0 Å². The van der Waals surface area contributed by atoms with Gasteiger partial charge in [-0.3, -0.25) is 4.79 Å². The zero-order valence-electron chi connectivity index (χ0n) is 11.7. The minimum Gasteiger partial charge on any atom is -0.385 e. The summed E-state index contributed by atoms with van der Waals surface area (Å²) in [6, 6.07) is 0. The molecule has 1 rings (SSSR count). The summed E-state index contributed by atoms with van der Waals surface area (Å²) in [5.74, 6) is 1.83. The van der Waals surface area contributed by atoms with Crippen LogP contribution in [0.5, 0.6) is 0 Å². The van der Waals surface area contributed by atoms with E-state index in [1.807, 2.05) is 0 Å². The van der Waals surface area contributed by atoms with Gasteiger partial charge < -0.3 is 9.64 Å². The summed E-state index contributed by atoms with van der Waals surface area (Å²) >= 11 is 0. The van der Waals surface area contributed by atoms with Crippen LogP contribution in [0.3, 0.4) is 0 Å². The van der Waals surface area contributed by atoms with Gasteiger partial charge in [0.2, 0.25) is 0 Å². The predicted octanol–water partition coefficient (Wildman–Crippen LogP) is 2.21. The fourth-order valence-corrected chi connectivity index (χ4v) is 2.88. The number of ketones is 1. The minimum atomic E-state index is 0.249. The fourth-order valence-electron chi connectivity index (χ4n) is 2.88. The smallest absolute Gasteiger partial charge is 0.137 e. The molecule has 1 fully saturated rings. The molecule has 0 N–H and O–H groups in total. The number of carbonyl (C=O) groups is 1. The Labute approximate surface area is 106 Å². The third kappa shape index (κ3) is 4.76. The first-order chi connectivity index (χ1) is 8.04. The summed E-state index contributed by atoms with van der Waals surface area (Å²) in [5, 5.41) is 0. The molecule has 1 aliphatic carbocycles. The van der Waals surface area contributed by atoms with Crippen LogP contribution in [-0.4, -0.2) is 44.5 Å². The van der Waals surface area contributed by atoms with Crippen molar-refractivity contribution in [3.63, 3.8) is 0 Å². The molecule has 3 nitrogen and oxygen atoms in total. The lowest BCUT2D eigenvalue weighted by atomic mass is 9.74. The van der Waals surface area contributed by atoms with Gasteiger partial charge in [0.05, 0.1) is 0 Å². The summed E-state index contributed by atoms with van der Waals surface area (Å²) in [6.07, 6.45) is 3.02. The highest BCUT2D eigenvalue weighted by atomic mass is 16.5. The molecule has 0 aliphatic heterocycles. The van der Waals surface area contributed by atoms with E-state index in [9.17, 15) is 4.79 Å². The van der Waals surface area contributed by atoms with Gasteiger partial charge in [-0.1, -0.05) is 13.8 Å². The number of ether oxygens (including phenoxy) is 1. The van der Waals surface area contributed by atoms with E-state index in [1.54, 1.807) is 7.11 Å². The Balaban J connectivity index is 2.36. The Morgan fingerprint density at radius 3 is 2.71 bits per heavy atom. The summed E-state index contributed by atoms with van der Waals surface area (Å²) < 4.78 is 5.04. The molecule has 3 atom stereocenters. The van der Waals surface area contributed by atoms with E-state index in [0.29, 0.717) is 17.6 Å². The van der Waals surface area contributed by atoms with Gasteiger partial charge in [-0.2, -0.15) is 0 Å². The second-order valence-corrected chi connectivity index (χ2v) is 5.70. The molecule has 3 unspecified atom stereocenters. The molecule has 0 amide bonds. The van der Waals surface area contributed by atoms with Gasteiger partial charge in [-0.05, 0) is 31.7 Å². The van der Waals surface area contributed by atoms with Crippen molar-refractivity contribution in [2.75, 3.05) is 33.9 Å². The summed E-state index contributed by atoms with van der Waals surface area (Å²) in [7, 11) is 3.84. The van der Waals surface area contributed by atoms with Crippen LogP contribution in [0.25, 0.3) is 0 Å². The van der Waals surface area contributed by atoms with E-state index in [4.69, 9.17) is 4.74 Å². The number of hydrogen-bond acceptors (Lipinski definition) is 3. The van der Waals surface area contributed by atoms with Crippen LogP contribution in [-0.2, 0) is 9.53 Å². The first-order valence-electron chi connectivity index (χ1n) is 6.74. The standard InChI is InChI=1S/C14H27NO2/c1-11-8-12(2)13(14(16)9-11)10-15(3)6-5-7-17-4/h11-13H,5-10H2,1-4H3. The van der Waals surface area contributed by atoms with E-state index in [1.165, 1.54) is 6.42 Å². The number of Topliss-reactive ketones (excluding diaryl/α,β-unsaturated/α-hetero) is 1. The van der Waals surface area contributed by atoms with Crippen molar-refractivity contribution < 1.29 is 9.53 Å². The molecule has 0 heterocycles. The van der Waals surface area contributed by atoms with Gasteiger partial charge >= 0.3 is 0 Å². The van der Waals surface area contributed by atoms with Crippen molar-refractivity contribution in [2.45, 2.75) is 33.1 Å². The molecular formula is C14H27NO2. The van der Waals surface area contributed by atoms with Gasteiger partial charge in [-0.25, -0.2) is 0 Å². The van der Waals surface area contributed by atoms with Crippen LogP contribution >= 0.6 is 0 Å². The number of nitrogens with zero attached hydrogens (tertiary/aromatic N) is 1. The highest BCUT2D eigenvalue weighted by Crippen LogP contribution is 2.31. The molecule has 1 aliphatic rings. The fraction of sp³-hybridized carbons (Fsp3) is 0.929. The number of hydrogen-bond donors (Lipinski definition) is 0. The molecule has 0 aromatic heterocycles. The number of methoxy groups -OCH3 is 1. The van der Waals surface area contributed by atoms with Gasteiger partial charge in [0.1, 0.15) is 5.78 Å². The Morgan fingerprint density at radius 2 is 2.12 bits per heavy atom. The van der Waals surface area contributed by atoms with Crippen LogP contribution < -0.4 is 0 Å². The molecule has 0 spiro atoms. The lowest BCUT2D eigenvalue weighted by Gasteiger charge is -2.33. The van der Waals surface area contributed by atoms with Gasteiger partial charge in [0, 0.05) is 39.1 Å². The Morgan fingerprint density at radius 1 is 1.41 bits per heavy atom. The van der Waals surface area contributed by atoms with E-state index >= 15 is 0 Å². The monoisotopic (exact) mass is 241 g/mol. The lowest BCUT2D eigenvalue weighted by molar-refractivity contribution is -0.128. The second kappa shape index (κ2) is 7.12.